The Morgan fingerprint density at radius 3 is 2.83 bits per heavy atom. The molecule has 3 nitrogen and oxygen atoms in total. The Hall–Kier alpha value is -2.12. The Morgan fingerprint density at radius 1 is 1.33 bits per heavy atom. The van der Waals surface area contributed by atoms with E-state index < -0.39 is 0 Å². The monoisotopic (exact) mass is 244 g/mol. The Labute approximate surface area is 105 Å². The molecule has 2 aromatic rings. The van der Waals surface area contributed by atoms with E-state index in [2.05, 4.69) is 0 Å². The van der Waals surface area contributed by atoms with Crippen LogP contribution in [0, 0.1) is 17.1 Å². The first-order valence-corrected chi connectivity index (χ1v) is 5.58. The van der Waals surface area contributed by atoms with Gasteiger partial charge in [-0.2, -0.15) is 5.26 Å². The molecule has 18 heavy (non-hydrogen) atoms. The molecule has 0 bridgehead atoms. The molecule has 0 fully saturated rings. The molecule has 0 saturated carbocycles. The lowest BCUT2D eigenvalue weighted by Crippen LogP contribution is -2.17. The van der Waals surface area contributed by atoms with Crippen LogP contribution in [0.3, 0.4) is 0 Å². The van der Waals surface area contributed by atoms with Gasteiger partial charge >= 0.3 is 0 Å². The van der Waals surface area contributed by atoms with E-state index in [9.17, 15) is 4.39 Å². The number of furan rings is 1. The number of nitrogens with zero attached hydrogens (tertiary/aromatic N) is 2. The van der Waals surface area contributed by atoms with E-state index in [1.807, 2.05) is 30.1 Å². The van der Waals surface area contributed by atoms with Gasteiger partial charge in [0.25, 0.3) is 0 Å². The van der Waals surface area contributed by atoms with Crippen molar-refractivity contribution in [3.05, 3.63) is 59.3 Å². The van der Waals surface area contributed by atoms with Gasteiger partial charge in [0.05, 0.1) is 24.4 Å². The summed E-state index contributed by atoms with van der Waals surface area (Å²) in [6.45, 7) is 1.03. The highest BCUT2D eigenvalue weighted by Gasteiger charge is 2.08. The summed E-state index contributed by atoms with van der Waals surface area (Å²) >= 11 is 0. The minimum Gasteiger partial charge on any atom is -0.468 e. The summed E-state index contributed by atoms with van der Waals surface area (Å²) in [5.41, 5.74) is 0.987. The largest absolute Gasteiger partial charge is 0.468 e. The van der Waals surface area contributed by atoms with E-state index in [1.165, 1.54) is 12.1 Å². The van der Waals surface area contributed by atoms with Gasteiger partial charge in [-0.05, 0) is 37.4 Å². The van der Waals surface area contributed by atoms with Crippen molar-refractivity contribution in [3.63, 3.8) is 0 Å². The van der Waals surface area contributed by atoms with E-state index in [0.29, 0.717) is 24.2 Å². The standard InChI is InChI=1S/C14H13FN2O/c1-17(10-13-3-2-6-18-13)9-12-7-11(8-16)4-5-14(12)15/h2-7H,9-10H2,1H3. The smallest absolute Gasteiger partial charge is 0.127 e. The Bertz CT molecular complexity index is 558. The van der Waals surface area contributed by atoms with Crippen LogP contribution in [-0.4, -0.2) is 11.9 Å². The van der Waals surface area contributed by atoms with E-state index in [0.717, 1.165) is 5.76 Å². The summed E-state index contributed by atoms with van der Waals surface area (Å²) in [6, 6.07) is 10.1. The van der Waals surface area contributed by atoms with Gasteiger partial charge in [0, 0.05) is 12.1 Å². The first kappa shape index (κ1) is 12.3. The third-order valence-electron chi connectivity index (χ3n) is 2.62. The maximum Gasteiger partial charge on any atom is 0.127 e. The van der Waals surface area contributed by atoms with Crippen LogP contribution in [0.2, 0.25) is 0 Å². The zero-order valence-corrected chi connectivity index (χ0v) is 10.1. The molecule has 0 radical (unpaired) electrons. The van der Waals surface area contributed by atoms with Gasteiger partial charge in [-0.1, -0.05) is 0 Å². The topological polar surface area (TPSA) is 40.2 Å². The van der Waals surface area contributed by atoms with Gasteiger partial charge in [0.2, 0.25) is 0 Å². The fraction of sp³-hybridized carbons (Fsp3) is 0.214. The van der Waals surface area contributed by atoms with Crippen LogP contribution < -0.4 is 0 Å². The summed E-state index contributed by atoms with van der Waals surface area (Å²) in [4.78, 5) is 1.93. The second-order valence-electron chi connectivity index (χ2n) is 4.17. The van der Waals surface area contributed by atoms with E-state index in [1.54, 1.807) is 12.3 Å². The second-order valence-corrected chi connectivity index (χ2v) is 4.17. The normalized spacial score (nSPS) is 10.6. The van der Waals surface area contributed by atoms with Crippen molar-refractivity contribution in [3.8, 4) is 6.07 Å². The second kappa shape index (κ2) is 5.48. The molecular weight excluding hydrogens is 231 g/mol. The number of benzene rings is 1. The molecule has 0 N–H and O–H groups in total. The molecule has 0 amide bonds. The molecule has 1 aromatic carbocycles. The molecule has 0 spiro atoms. The van der Waals surface area contributed by atoms with Crippen molar-refractivity contribution >= 4 is 0 Å². The number of halogens is 1. The maximum atomic E-state index is 13.6. The van der Waals surface area contributed by atoms with Gasteiger partial charge in [-0.3, -0.25) is 4.90 Å². The van der Waals surface area contributed by atoms with Crippen LogP contribution in [0.1, 0.15) is 16.9 Å². The lowest BCUT2D eigenvalue weighted by atomic mass is 10.1. The highest BCUT2D eigenvalue weighted by Crippen LogP contribution is 2.14. The molecule has 0 unspecified atom stereocenters. The molecule has 1 aromatic heterocycles. The lowest BCUT2D eigenvalue weighted by Gasteiger charge is -2.15. The minimum atomic E-state index is -0.291. The average Bonchev–Trinajstić information content (AvgIpc) is 2.84. The van der Waals surface area contributed by atoms with Crippen LogP contribution >= 0.6 is 0 Å². The third kappa shape index (κ3) is 2.96. The molecule has 1 heterocycles. The average molecular weight is 244 g/mol. The lowest BCUT2D eigenvalue weighted by molar-refractivity contribution is 0.284. The van der Waals surface area contributed by atoms with Gasteiger partial charge in [0.15, 0.2) is 0 Å². The number of rotatable bonds is 4. The van der Waals surface area contributed by atoms with Crippen LogP contribution in [0.25, 0.3) is 0 Å². The van der Waals surface area contributed by atoms with Crippen LogP contribution in [0.15, 0.2) is 41.0 Å². The van der Waals surface area contributed by atoms with Crippen LogP contribution in [0.5, 0.6) is 0 Å². The van der Waals surface area contributed by atoms with Crippen LogP contribution in [0.4, 0.5) is 4.39 Å². The Kier molecular flexibility index (Phi) is 3.75. The summed E-state index contributed by atoms with van der Waals surface area (Å²) in [5, 5.41) is 8.79. The number of hydrogen-bond donors (Lipinski definition) is 0. The van der Waals surface area contributed by atoms with Gasteiger partial charge in [-0.25, -0.2) is 4.39 Å². The summed E-state index contributed by atoms with van der Waals surface area (Å²) in [5.74, 6) is 0.537. The molecule has 4 heteroatoms. The van der Waals surface area contributed by atoms with Crippen molar-refractivity contribution in [2.45, 2.75) is 13.1 Å². The van der Waals surface area contributed by atoms with E-state index >= 15 is 0 Å². The Morgan fingerprint density at radius 2 is 2.17 bits per heavy atom. The zero-order chi connectivity index (χ0) is 13.0. The summed E-state index contributed by atoms with van der Waals surface area (Å²) < 4.78 is 18.8. The van der Waals surface area contributed by atoms with Gasteiger partial charge in [0.1, 0.15) is 11.6 Å². The number of hydrogen-bond acceptors (Lipinski definition) is 3. The first-order chi connectivity index (χ1) is 8.69. The van der Waals surface area contributed by atoms with E-state index in [-0.39, 0.29) is 5.82 Å². The predicted molar refractivity (Wildman–Crippen MR) is 65.0 cm³/mol. The fourth-order valence-corrected chi connectivity index (χ4v) is 1.78. The Balaban J connectivity index is 2.07. The molecule has 0 atom stereocenters. The molecule has 2 rings (SSSR count). The van der Waals surface area contributed by atoms with Gasteiger partial charge in [-0.15, -0.1) is 0 Å². The molecule has 92 valence electrons. The van der Waals surface area contributed by atoms with Gasteiger partial charge < -0.3 is 4.42 Å². The fourth-order valence-electron chi connectivity index (χ4n) is 1.78. The first-order valence-electron chi connectivity index (χ1n) is 5.58. The quantitative estimate of drug-likeness (QED) is 0.830. The molecule has 0 aliphatic carbocycles. The molecule has 0 saturated heterocycles. The summed E-state index contributed by atoms with van der Waals surface area (Å²) in [6.07, 6.45) is 1.61. The third-order valence-corrected chi connectivity index (χ3v) is 2.62. The SMILES string of the molecule is CN(Cc1ccco1)Cc1cc(C#N)ccc1F. The molecule has 0 aliphatic rings. The number of nitriles is 1. The highest BCUT2D eigenvalue weighted by molar-refractivity contribution is 5.33. The van der Waals surface area contributed by atoms with Crippen molar-refractivity contribution in [1.29, 1.82) is 5.26 Å². The van der Waals surface area contributed by atoms with Crippen LogP contribution in [-0.2, 0) is 13.1 Å². The van der Waals surface area contributed by atoms with Crippen molar-refractivity contribution in [1.82, 2.24) is 4.90 Å². The van der Waals surface area contributed by atoms with Crippen molar-refractivity contribution < 1.29 is 8.81 Å². The predicted octanol–water partition coefficient (Wildman–Crippen LogP) is 2.92. The minimum absolute atomic E-state index is 0.291. The van der Waals surface area contributed by atoms with E-state index in [4.69, 9.17) is 9.68 Å². The zero-order valence-electron chi connectivity index (χ0n) is 10.1. The molecule has 0 aliphatic heterocycles. The summed E-state index contributed by atoms with van der Waals surface area (Å²) in [7, 11) is 1.88. The molecular formula is C14H13FN2O. The van der Waals surface area contributed by atoms with Crippen molar-refractivity contribution in [2.75, 3.05) is 7.05 Å². The van der Waals surface area contributed by atoms with Crippen molar-refractivity contribution in [2.24, 2.45) is 0 Å². The maximum absolute atomic E-state index is 13.6. The highest BCUT2D eigenvalue weighted by atomic mass is 19.1.